The lowest BCUT2D eigenvalue weighted by Gasteiger charge is -2.15. The van der Waals surface area contributed by atoms with Gasteiger partial charge in [-0.1, -0.05) is 17.9 Å². The van der Waals surface area contributed by atoms with Crippen LogP contribution in [-0.2, 0) is 4.74 Å². The zero-order valence-corrected chi connectivity index (χ0v) is 14.4. The van der Waals surface area contributed by atoms with Crippen LogP contribution in [0.3, 0.4) is 0 Å². The van der Waals surface area contributed by atoms with E-state index in [0.717, 1.165) is 18.2 Å². The molecule has 9 heteroatoms. The van der Waals surface area contributed by atoms with E-state index in [1.54, 1.807) is 12.1 Å². The topological polar surface area (TPSA) is 128 Å². The number of fused-ring (bicyclic) bond motifs is 1. The fraction of sp³-hybridized carbons (Fsp3) is 0.222. The van der Waals surface area contributed by atoms with Gasteiger partial charge in [-0.15, -0.1) is 0 Å². The van der Waals surface area contributed by atoms with E-state index >= 15 is 0 Å². The third kappa shape index (κ3) is 3.14. The van der Waals surface area contributed by atoms with Crippen molar-refractivity contribution in [2.75, 3.05) is 14.2 Å². The van der Waals surface area contributed by atoms with Crippen LogP contribution in [0.4, 0.5) is 5.69 Å². The lowest BCUT2D eigenvalue weighted by Crippen LogP contribution is -2.10. The van der Waals surface area contributed by atoms with Gasteiger partial charge in [-0.25, -0.2) is 4.79 Å². The number of non-ortho nitro benzene ring substituents is 1. The second-order valence-electron chi connectivity index (χ2n) is 5.72. The van der Waals surface area contributed by atoms with E-state index in [-0.39, 0.29) is 29.0 Å². The Balaban J connectivity index is 1.93. The average molecular weight is 372 g/mol. The molecule has 3 rings (SSSR count). The second-order valence-corrected chi connectivity index (χ2v) is 5.72. The van der Waals surface area contributed by atoms with Gasteiger partial charge in [0.1, 0.15) is 11.7 Å². The standard InChI is InChI=1S/C18H15NO8/c1-25-14-6-4-10-15(27-18(22)16(10)17(14)26-2)8-13(21)11-7-9(19(23)24)3-5-12(11)20/h3-7,15,20H,8H2,1-2H3/p-1/t15-/m0/s1. The smallest absolute Gasteiger partial charge is 0.343 e. The summed E-state index contributed by atoms with van der Waals surface area (Å²) in [6.45, 7) is 0. The van der Waals surface area contributed by atoms with Crippen molar-refractivity contribution in [1.29, 1.82) is 0 Å². The molecule has 0 N–H and O–H groups in total. The van der Waals surface area contributed by atoms with E-state index in [4.69, 9.17) is 14.2 Å². The van der Waals surface area contributed by atoms with Crippen molar-refractivity contribution < 1.29 is 33.8 Å². The number of nitro benzene ring substituents is 1. The highest BCUT2D eigenvalue weighted by Crippen LogP contribution is 2.43. The first-order chi connectivity index (χ1) is 12.9. The van der Waals surface area contributed by atoms with E-state index in [2.05, 4.69) is 0 Å². The minimum Gasteiger partial charge on any atom is -0.872 e. The Hall–Kier alpha value is -3.62. The normalized spacial score (nSPS) is 15.0. The van der Waals surface area contributed by atoms with Gasteiger partial charge in [-0.3, -0.25) is 14.9 Å². The van der Waals surface area contributed by atoms with Crippen molar-refractivity contribution in [3.8, 4) is 17.2 Å². The average Bonchev–Trinajstić information content (AvgIpc) is 2.96. The van der Waals surface area contributed by atoms with Gasteiger partial charge >= 0.3 is 5.97 Å². The highest BCUT2D eigenvalue weighted by molar-refractivity contribution is 6.02. The maximum absolute atomic E-state index is 12.5. The van der Waals surface area contributed by atoms with Crippen molar-refractivity contribution >= 4 is 17.4 Å². The van der Waals surface area contributed by atoms with E-state index < -0.39 is 28.5 Å². The number of hydrogen-bond acceptors (Lipinski definition) is 8. The third-order valence-electron chi connectivity index (χ3n) is 4.22. The molecule has 0 aliphatic carbocycles. The Kier molecular flexibility index (Phi) is 4.68. The van der Waals surface area contributed by atoms with Gasteiger partial charge < -0.3 is 19.3 Å². The van der Waals surface area contributed by atoms with E-state index in [9.17, 15) is 24.8 Å². The van der Waals surface area contributed by atoms with Crippen LogP contribution in [0.25, 0.3) is 0 Å². The number of hydrogen-bond donors (Lipinski definition) is 0. The van der Waals surface area contributed by atoms with Crippen LogP contribution in [0.15, 0.2) is 30.3 Å². The summed E-state index contributed by atoms with van der Waals surface area (Å²) in [6, 6.07) is 6.07. The van der Waals surface area contributed by atoms with Gasteiger partial charge in [0.15, 0.2) is 17.3 Å². The number of Topliss-reactive ketones (excluding diaryl/α,β-unsaturated/α-hetero) is 1. The summed E-state index contributed by atoms with van der Waals surface area (Å²) in [6.07, 6.45) is -1.26. The number of esters is 1. The van der Waals surface area contributed by atoms with Gasteiger partial charge in [0.05, 0.1) is 25.6 Å². The first-order valence-corrected chi connectivity index (χ1v) is 7.81. The molecule has 1 atom stereocenters. The largest absolute Gasteiger partial charge is 0.872 e. The molecule has 1 heterocycles. The minimum atomic E-state index is -0.932. The minimum absolute atomic E-state index is 0.149. The van der Waals surface area contributed by atoms with Gasteiger partial charge in [-0.2, -0.15) is 0 Å². The van der Waals surface area contributed by atoms with Crippen LogP contribution < -0.4 is 14.6 Å². The molecule has 2 aromatic carbocycles. The van der Waals surface area contributed by atoms with Crippen LogP contribution in [0.2, 0.25) is 0 Å². The number of methoxy groups -OCH3 is 2. The number of cyclic esters (lactones) is 1. The summed E-state index contributed by atoms with van der Waals surface area (Å²) in [4.78, 5) is 34.9. The van der Waals surface area contributed by atoms with Crippen molar-refractivity contribution in [3.63, 3.8) is 0 Å². The van der Waals surface area contributed by atoms with E-state index in [0.29, 0.717) is 11.3 Å². The highest BCUT2D eigenvalue weighted by Gasteiger charge is 2.37. The van der Waals surface area contributed by atoms with Crippen molar-refractivity contribution in [2.45, 2.75) is 12.5 Å². The van der Waals surface area contributed by atoms with Crippen LogP contribution in [0.5, 0.6) is 17.2 Å². The number of benzene rings is 2. The summed E-state index contributed by atoms with van der Waals surface area (Å²) in [5.74, 6) is -1.46. The summed E-state index contributed by atoms with van der Waals surface area (Å²) in [5.41, 5.74) is -0.123. The Morgan fingerprint density at radius 1 is 1.22 bits per heavy atom. The Morgan fingerprint density at radius 3 is 2.59 bits per heavy atom. The zero-order chi connectivity index (χ0) is 19.7. The maximum Gasteiger partial charge on any atom is 0.343 e. The first kappa shape index (κ1) is 18.2. The van der Waals surface area contributed by atoms with E-state index in [1.807, 2.05) is 0 Å². The Morgan fingerprint density at radius 2 is 1.96 bits per heavy atom. The van der Waals surface area contributed by atoms with Gasteiger partial charge in [0.25, 0.3) is 5.69 Å². The summed E-state index contributed by atoms with van der Waals surface area (Å²) >= 11 is 0. The maximum atomic E-state index is 12.5. The molecule has 0 saturated heterocycles. The molecule has 0 amide bonds. The van der Waals surface area contributed by atoms with Crippen molar-refractivity contribution in [1.82, 2.24) is 0 Å². The molecule has 0 fully saturated rings. The number of nitro groups is 1. The van der Waals surface area contributed by atoms with Gasteiger partial charge in [-0.05, 0) is 6.07 Å². The fourth-order valence-corrected chi connectivity index (χ4v) is 2.95. The van der Waals surface area contributed by atoms with E-state index in [1.165, 1.54) is 14.2 Å². The predicted octanol–water partition coefficient (Wildman–Crippen LogP) is 2.17. The van der Waals surface area contributed by atoms with Crippen LogP contribution in [-0.4, -0.2) is 30.9 Å². The van der Waals surface area contributed by atoms with Crippen LogP contribution in [0.1, 0.15) is 38.8 Å². The molecule has 27 heavy (non-hydrogen) atoms. The number of carbonyl (C=O) groups is 2. The molecule has 0 saturated carbocycles. The number of nitrogens with zero attached hydrogens (tertiary/aromatic N) is 1. The number of carbonyl (C=O) groups excluding carboxylic acids is 2. The molecule has 0 aromatic heterocycles. The molecule has 1 aliphatic heterocycles. The Bertz CT molecular complexity index is 953. The molecule has 0 radical (unpaired) electrons. The summed E-state index contributed by atoms with van der Waals surface area (Å²) in [7, 11) is 2.79. The second kappa shape index (κ2) is 6.94. The number of ketones is 1. The predicted molar refractivity (Wildman–Crippen MR) is 89.2 cm³/mol. The Labute approximate surface area is 153 Å². The van der Waals surface area contributed by atoms with Gasteiger partial charge in [0.2, 0.25) is 0 Å². The molecule has 9 nitrogen and oxygen atoms in total. The van der Waals surface area contributed by atoms with Crippen molar-refractivity contribution in [2.24, 2.45) is 0 Å². The number of rotatable bonds is 6. The SMILES string of the molecule is COc1ccc2c(c1OC)C(=O)O[C@H]2CC(=O)c1cc([N+](=O)[O-])ccc1[O-]. The first-order valence-electron chi connectivity index (χ1n) is 7.81. The summed E-state index contributed by atoms with van der Waals surface area (Å²) < 4.78 is 15.6. The molecule has 0 unspecified atom stereocenters. The quantitative estimate of drug-likeness (QED) is 0.327. The lowest BCUT2D eigenvalue weighted by molar-refractivity contribution is -0.385. The zero-order valence-electron chi connectivity index (χ0n) is 14.4. The third-order valence-corrected chi connectivity index (χ3v) is 4.22. The van der Waals surface area contributed by atoms with Crippen LogP contribution in [0, 0.1) is 10.1 Å². The molecular weight excluding hydrogens is 358 g/mol. The molecule has 1 aliphatic rings. The highest BCUT2D eigenvalue weighted by atomic mass is 16.6. The lowest BCUT2D eigenvalue weighted by atomic mass is 9.97. The summed E-state index contributed by atoms with van der Waals surface area (Å²) in [5, 5.41) is 22.8. The molecule has 140 valence electrons. The van der Waals surface area contributed by atoms with Crippen molar-refractivity contribution in [3.05, 3.63) is 57.1 Å². The monoisotopic (exact) mass is 372 g/mol. The molecular formula is C18H14NO8-. The number of ether oxygens (including phenoxy) is 3. The molecule has 2 aromatic rings. The molecule has 0 bridgehead atoms. The fourth-order valence-electron chi connectivity index (χ4n) is 2.95. The van der Waals surface area contributed by atoms with Crippen LogP contribution >= 0.6 is 0 Å². The molecule has 0 spiro atoms. The van der Waals surface area contributed by atoms with Gasteiger partial charge in [0, 0.05) is 23.3 Å².